The van der Waals surface area contributed by atoms with E-state index in [1.54, 1.807) is 23.4 Å². The van der Waals surface area contributed by atoms with Crippen molar-refractivity contribution in [1.29, 1.82) is 0 Å². The third-order valence-electron chi connectivity index (χ3n) is 5.93. The molecule has 1 aromatic carbocycles. The summed E-state index contributed by atoms with van der Waals surface area (Å²) in [4.78, 5) is 32.2. The van der Waals surface area contributed by atoms with Gasteiger partial charge >= 0.3 is 0 Å². The molecule has 0 radical (unpaired) electrons. The highest BCUT2D eigenvalue weighted by molar-refractivity contribution is 5.96. The van der Waals surface area contributed by atoms with Crippen molar-refractivity contribution < 1.29 is 9.59 Å². The zero-order valence-corrected chi connectivity index (χ0v) is 18.6. The van der Waals surface area contributed by atoms with Crippen molar-refractivity contribution in [3.8, 4) is 0 Å². The van der Waals surface area contributed by atoms with E-state index < -0.39 is 0 Å². The average molecular weight is 432 g/mol. The predicted molar refractivity (Wildman–Crippen MR) is 123 cm³/mol. The summed E-state index contributed by atoms with van der Waals surface area (Å²) >= 11 is 0. The number of carbonyl (C=O) groups is 2. The van der Waals surface area contributed by atoms with E-state index in [9.17, 15) is 9.59 Å². The number of nitrogens with zero attached hydrogens (tertiary/aromatic N) is 4. The number of aryl methyl sites for hydroxylation is 1. The molecule has 7 nitrogen and oxygen atoms in total. The fourth-order valence-corrected chi connectivity index (χ4v) is 4.17. The summed E-state index contributed by atoms with van der Waals surface area (Å²) in [7, 11) is 0. The van der Waals surface area contributed by atoms with E-state index in [2.05, 4.69) is 27.5 Å². The van der Waals surface area contributed by atoms with E-state index >= 15 is 0 Å². The molecule has 1 fully saturated rings. The van der Waals surface area contributed by atoms with E-state index in [1.165, 1.54) is 0 Å². The third kappa shape index (κ3) is 4.88. The van der Waals surface area contributed by atoms with Gasteiger partial charge in [-0.15, -0.1) is 0 Å². The Labute approximate surface area is 188 Å². The minimum atomic E-state index is -0.250. The summed E-state index contributed by atoms with van der Waals surface area (Å²) < 4.78 is 1.90. The predicted octanol–water partition coefficient (Wildman–Crippen LogP) is 3.69. The fourth-order valence-electron chi connectivity index (χ4n) is 4.17. The molecule has 1 aliphatic heterocycles. The Hall–Kier alpha value is -3.48. The first kappa shape index (κ1) is 21.7. The Morgan fingerprint density at radius 3 is 2.66 bits per heavy atom. The van der Waals surface area contributed by atoms with Gasteiger partial charge in [0.2, 0.25) is 5.91 Å². The molecule has 3 aromatic rings. The Balaban J connectivity index is 1.44. The van der Waals surface area contributed by atoms with Crippen molar-refractivity contribution in [1.82, 2.24) is 19.7 Å². The minimum Gasteiger partial charge on any atom is -0.338 e. The molecule has 1 aliphatic rings. The number of anilines is 1. The zero-order valence-electron chi connectivity index (χ0n) is 18.6. The topological polar surface area (TPSA) is 80.1 Å². The van der Waals surface area contributed by atoms with Gasteiger partial charge in [-0.05, 0) is 43.4 Å². The molecule has 32 heavy (non-hydrogen) atoms. The second kappa shape index (κ2) is 9.77. The lowest BCUT2D eigenvalue weighted by molar-refractivity contribution is -0.121. The first-order valence-electron chi connectivity index (χ1n) is 11.2. The number of amides is 2. The first-order valence-corrected chi connectivity index (χ1v) is 11.2. The molecule has 0 saturated carbocycles. The average Bonchev–Trinajstić information content (AvgIpc) is 3.23. The highest BCUT2D eigenvalue weighted by Crippen LogP contribution is 2.22. The van der Waals surface area contributed by atoms with Crippen LogP contribution in [0.15, 0.2) is 54.9 Å². The molecule has 4 rings (SSSR count). The smallest absolute Gasteiger partial charge is 0.257 e. The number of likely N-dealkylation sites (tertiary alicyclic amines) is 1. The van der Waals surface area contributed by atoms with Crippen molar-refractivity contribution in [2.75, 3.05) is 18.4 Å². The quantitative estimate of drug-likeness (QED) is 0.646. The molecule has 166 valence electrons. The SMILES string of the molecule is CCc1c(C(=O)N2CCCC(C(=O)Nc3ccc(C)cn3)C2)cnn1Cc1ccccc1. The number of benzene rings is 1. The normalized spacial score (nSPS) is 16.1. The number of hydrogen-bond donors (Lipinski definition) is 1. The summed E-state index contributed by atoms with van der Waals surface area (Å²) in [5.74, 6) is 0.154. The Bertz CT molecular complexity index is 1080. The van der Waals surface area contributed by atoms with Crippen LogP contribution >= 0.6 is 0 Å². The number of carbonyl (C=O) groups excluding carboxylic acids is 2. The second-order valence-electron chi connectivity index (χ2n) is 8.30. The van der Waals surface area contributed by atoms with Crippen LogP contribution in [0.2, 0.25) is 0 Å². The Morgan fingerprint density at radius 1 is 1.12 bits per heavy atom. The number of nitrogens with one attached hydrogen (secondary N) is 1. The Kier molecular flexibility index (Phi) is 6.63. The second-order valence-corrected chi connectivity index (χ2v) is 8.30. The third-order valence-corrected chi connectivity index (χ3v) is 5.93. The van der Waals surface area contributed by atoms with Crippen LogP contribution in [0.3, 0.4) is 0 Å². The highest BCUT2D eigenvalue weighted by Gasteiger charge is 2.30. The molecular formula is C25H29N5O2. The molecule has 0 spiro atoms. The molecule has 3 heterocycles. The summed E-state index contributed by atoms with van der Waals surface area (Å²) in [6, 6.07) is 13.8. The summed E-state index contributed by atoms with van der Waals surface area (Å²) in [6.45, 7) is 5.68. The number of rotatable bonds is 6. The van der Waals surface area contributed by atoms with Gasteiger partial charge in [0.1, 0.15) is 5.82 Å². The van der Waals surface area contributed by atoms with Crippen LogP contribution in [-0.4, -0.2) is 44.6 Å². The first-order chi connectivity index (χ1) is 15.5. The van der Waals surface area contributed by atoms with Gasteiger partial charge in [-0.3, -0.25) is 14.3 Å². The van der Waals surface area contributed by atoms with Crippen LogP contribution in [0.4, 0.5) is 5.82 Å². The van der Waals surface area contributed by atoms with E-state index in [0.29, 0.717) is 37.4 Å². The molecule has 7 heteroatoms. The van der Waals surface area contributed by atoms with Crippen molar-refractivity contribution in [2.45, 2.75) is 39.7 Å². The van der Waals surface area contributed by atoms with Gasteiger partial charge in [-0.1, -0.05) is 43.3 Å². The molecule has 1 atom stereocenters. The van der Waals surface area contributed by atoms with Crippen LogP contribution in [0, 0.1) is 12.8 Å². The van der Waals surface area contributed by atoms with Crippen molar-refractivity contribution in [2.24, 2.45) is 5.92 Å². The van der Waals surface area contributed by atoms with Crippen LogP contribution in [0.25, 0.3) is 0 Å². The molecule has 1 saturated heterocycles. The lowest BCUT2D eigenvalue weighted by Gasteiger charge is -2.32. The lowest BCUT2D eigenvalue weighted by Crippen LogP contribution is -2.44. The van der Waals surface area contributed by atoms with Crippen LogP contribution in [0.1, 0.15) is 46.9 Å². The fraction of sp³-hybridized carbons (Fsp3) is 0.360. The van der Waals surface area contributed by atoms with Crippen molar-refractivity contribution in [3.63, 3.8) is 0 Å². The van der Waals surface area contributed by atoms with Gasteiger partial charge in [-0.25, -0.2) is 4.98 Å². The highest BCUT2D eigenvalue weighted by atomic mass is 16.2. The van der Waals surface area contributed by atoms with Crippen molar-refractivity contribution in [3.05, 3.63) is 77.2 Å². The Morgan fingerprint density at radius 2 is 1.94 bits per heavy atom. The summed E-state index contributed by atoms with van der Waals surface area (Å²) in [5, 5.41) is 7.38. The summed E-state index contributed by atoms with van der Waals surface area (Å²) in [6.07, 6.45) is 5.67. The van der Waals surface area contributed by atoms with Gasteiger partial charge in [0.15, 0.2) is 0 Å². The number of hydrogen-bond acceptors (Lipinski definition) is 4. The molecule has 1 unspecified atom stereocenters. The van der Waals surface area contributed by atoms with Gasteiger partial charge in [0, 0.05) is 19.3 Å². The maximum absolute atomic E-state index is 13.3. The molecule has 1 N–H and O–H groups in total. The molecular weight excluding hydrogens is 402 g/mol. The van der Waals surface area contributed by atoms with Crippen LogP contribution < -0.4 is 5.32 Å². The standard InChI is InChI=1S/C25H29N5O2/c1-3-22-21(15-27-30(22)16-19-8-5-4-6-9-19)25(32)29-13-7-10-20(17-29)24(31)28-23-12-11-18(2)14-26-23/h4-6,8-9,11-12,14-15,20H,3,7,10,13,16-17H2,1-2H3,(H,26,28,31). The maximum atomic E-state index is 13.3. The number of pyridine rings is 1. The number of aromatic nitrogens is 3. The summed E-state index contributed by atoms with van der Waals surface area (Å²) in [5.41, 5.74) is 3.74. The maximum Gasteiger partial charge on any atom is 0.257 e. The molecule has 0 aliphatic carbocycles. The van der Waals surface area contributed by atoms with E-state index in [0.717, 1.165) is 29.7 Å². The minimum absolute atomic E-state index is 0.0490. The molecule has 2 aromatic heterocycles. The van der Waals surface area contributed by atoms with Crippen LogP contribution in [-0.2, 0) is 17.8 Å². The van der Waals surface area contributed by atoms with Gasteiger partial charge in [0.05, 0.1) is 29.9 Å². The van der Waals surface area contributed by atoms with Gasteiger partial charge < -0.3 is 10.2 Å². The van der Waals surface area contributed by atoms with E-state index in [4.69, 9.17) is 0 Å². The van der Waals surface area contributed by atoms with E-state index in [1.807, 2.05) is 42.8 Å². The van der Waals surface area contributed by atoms with Gasteiger partial charge in [-0.2, -0.15) is 5.10 Å². The molecule has 0 bridgehead atoms. The van der Waals surface area contributed by atoms with E-state index in [-0.39, 0.29) is 17.7 Å². The van der Waals surface area contributed by atoms with Gasteiger partial charge in [0.25, 0.3) is 5.91 Å². The van der Waals surface area contributed by atoms with Crippen LogP contribution in [0.5, 0.6) is 0 Å². The molecule has 2 amide bonds. The zero-order chi connectivity index (χ0) is 22.5. The monoisotopic (exact) mass is 431 g/mol. The number of piperidine rings is 1. The largest absolute Gasteiger partial charge is 0.338 e. The lowest BCUT2D eigenvalue weighted by atomic mass is 9.96. The van der Waals surface area contributed by atoms with Crippen molar-refractivity contribution >= 4 is 17.6 Å².